The van der Waals surface area contributed by atoms with Crippen LogP contribution in [0.3, 0.4) is 0 Å². The minimum Gasteiger partial charge on any atom is -0.488 e. The van der Waals surface area contributed by atoms with Gasteiger partial charge in [0.25, 0.3) is 0 Å². The van der Waals surface area contributed by atoms with Gasteiger partial charge in [-0.05, 0) is 63.3 Å². The van der Waals surface area contributed by atoms with Gasteiger partial charge in [0.1, 0.15) is 24.0 Å². The smallest absolute Gasteiger partial charge is 0.407 e. The van der Waals surface area contributed by atoms with E-state index in [2.05, 4.69) is 20.9 Å². The van der Waals surface area contributed by atoms with Gasteiger partial charge in [-0.25, -0.2) is 4.79 Å². The highest BCUT2D eigenvalue weighted by Crippen LogP contribution is 2.30. The number of amides is 4. The van der Waals surface area contributed by atoms with Crippen molar-refractivity contribution in [1.82, 2.24) is 20.9 Å². The SMILES string of the molecule is CC(C)(C)OC(=O)NCCCCCNC(=O)C(CC(N)=O)NC(=O)Cc1c[nH]c2cccc(OCc3ccccc3)c12. The summed E-state index contributed by atoms with van der Waals surface area (Å²) in [5.74, 6) is -0.983. The lowest BCUT2D eigenvalue weighted by Crippen LogP contribution is -2.49. The molecule has 3 rings (SSSR count). The van der Waals surface area contributed by atoms with Crippen molar-refractivity contribution < 1.29 is 28.7 Å². The first-order chi connectivity index (χ1) is 20.0. The van der Waals surface area contributed by atoms with Gasteiger partial charge in [0.15, 0.2) is 0 Å². The summed E-state index contributed by atoms with van der Waals surface area (Å²) in [5.41, 5.74) is 7.33. The van der Waals surface area contributed by atoms with Gasteiger partial charge < -0.3 is 36.1 Å². The van der Waals surface area contributed by atoms with Crippen molar-refractivity contribution in [2.45, 2.75) is 71.1 Å². The molecule has 42 heavy (non-hydrogen) atoms. The summed E-state index contributed by atoms with van der Waals surface area (Å²) in [4.78, 5) is 52.2. The summed E-state index contributed by atoms with van der Waals surface area (Å²) < 4.78 is 11.3. The van der Waals surface area contributed by atoms with E-state index in [1.54, 1.807) is 27.0 Å². The average Bonchev–Trinajstić information content (AvgIpc) is 3.33. The highest BCUT2D eigenvalue weighted by molar-refractivity contribution is 5.95. The lowest BCUT2D eigenvalue weighted by Gasteiger charge is -2.19. The fourth-order valence-corrected chi connectivity index (χ4v) is 4.31. The molecule has 2 aromatic carbocycles. The second-order valence-corrected chi connectivity index (χ2v) is 11.0. The Kier molecular flexibility index (Phi) is 11.8. The molecule has 4 amide bonds. The van der Waals surface area contributed by atoms with Gasteiger partial charge in [0.05, 0.1) is 12.8 Å². The molecule has 0 aliphatic rings. The molecule has 11 nitrogen and oxygen atoms in total. The Labute approximate surface area is 245 Å². The average molecular weight is 580 g/mol. The van der Waals surface area contributed by atoms with Gasteiger partial charge in [-0.1, -0.05) is 36.4 Å². The van der Waals surface area contributed by atoms with Gasteiger partial charge >= 0.3 is 6.09 Å². The molecule has 0 radical (unpaired) electrons. The number of carbonyl (C=O) groups is 4. The van der Waals surface area contributed by atoms with E-state index < -0.39 is 35.5 Å². The van der Waals surface area contributed by atoms with Crippen LogP contribution in [0, 0.1) is 0 Å². The highest BCUT2D eigenvalue weighted by Gasteiger charge is 2.23. The summed E-state index contributed by atoms with van der Waals surface area (Å²) in [6, 6.07) is 14.3. The summed E-state index contributed by atoms with van der Waals surface area (Å²) in [7, 11) is 0. The van der Waals surface area contributed by atoms with E-state index in [1.165, 1.54) is 0 Å². The van der Waals surface area contributed by atoms with E-state index in [0.29, 0.717) is 43.9 Å². The molecule has 0 saturated carbocycles. The molecular formula is C31H41N5O6. The third kappa shape index (κ3) is 10.8. The van der Waals surface area contributed by atoms with Gasteiger partial charge in [-0.15, -0.1) is 0 Å². The second-order valence-electron chi connectivity index (χ2n) is 11.0. The number of benzene rings is 2. The lowest BCUT2D eigenvalue weighted by molar-refractivity contribution is -0.130. The number of hydrogen-bond donors (Lipinski definition) is 5. The number of hydrogen-bond acceptors (Lipinski definition) is 6. The number of H-pyrrole nitrogens is 1. The van der Waals surface area contributed by atoms with Gasteiger partial charge in [-0.2, -0.15) is 0 Å². The first kappa shape index (κ1) is 32.0. The number of fused-ring (bicyclic) bond motifs is 1. The number of nitrogens with two attached hydrogens (primary N) is 1. The van der Waals surface area contributed by atoms with Crippen LogP contribution in [-0.4, -0.2) is 53.5 Å². The Bertz CT molecular complexity index is 1350. The topological polar surface area (TPSA) is 165 Å². The molecule has 0 aliphatic heterocycles. The van der Waals surface area contributed by atoms with Crippen LogP contribution in [0.5, 0.6) is 5.75 Å². The van der Waals surface area contributed by atoms with Crippen LogP contribution in [0.1, 0.15) is 57.6 Å². The number of aromatic nitrogens is 1. The van der Waals surface area contributed by atoms with Crippen LogP contribution < -0.4 is 26.4 Å². The molecule has 1 heterocycles. The quantitative estimate of drug-likeness (QED) is 0.173. The minimum atomic E-state index is -1.09. The lowest BCUT2D eigenvalue weighted by atomic mass is 10.1. The third-order valence-electron chi connectivity index (χ3n) is 6.22. The van der Waals surface area contributed by atoms with Crippen molar-refractivity contribution in [2.75, 3.05) is 13.1 Å². The highest BCUT2D eigenvalue weighted by atomic mass is 16.6. The van der Waals surface area contributed by atoms with Crippen molar-refractivity contribution in [3.05, 3.63) is 65.9 Å². The standard InChI is InChI=1S/C31H41N5O6/c1-31(2,3)42-30(40)34-16-9-5-8-15-33-29(39)24(18-26(32)37)36-27(38)17-22-19-35-23-13-10-14-25(28(22)23)41-20-21-11-6-4-7-12-21/h4,6-7,10-14,19,24,35H,5,8-9,15-18,20H2,1-3H3,(H2,32,37)(H,33,39)(H,34,40)(H,36,38). The zero-order valence-corrected chi connectivity index (χ0v) is 24.5. The van der Waals surface area contributed by atoms with Crippen molar-refractivity contribution in [3.8, 4) is 5.75 Å². The maximum atomic E-state index is 13.0. The first-order valence-corrected chi connectivity index (χ1v) is 14.1. The Morgan fingerprint density at radius 1 is 0.929 bits per heavy atom. The predicted octanol–water partition coefficient (Wildman–Crippen LogP) is 3.46. The van der Waals surface area contributed by atoms with Crippen LogP contribution in [0.4, 0.5) is 4.79 Å². The minimum absolute atomic E-state index is 0.0289. The Hall–Kier alpha value is -4.54. The normalized spacial score (nSPS) is 11.9. The third-order valence-corrected chi connectivity index (χ3v) is 6.22. The van der Waals surface area contributed by atoms with Crippen LogP contribution in [-0.2, 0) is 32.1 Å². The van der Waals surface area contributed by atoms with Gasteiger partial charge in [-0.3, -0.25) is 14.4 Å². The molecular weight excluding hydrogens is 538 g/mol. The van der Waals surface area contributed by atoms with Gasteiger partial charge in [0, 0.05) is 30.2 Å². The van der Waals surface area contributed by atoms with Crippen LogP contribution >= 0.6 is 0 Å². The molecule has 11 heteroatoms. The fourth-order valence-electron chi connectivity index (χ4n) is 4.31. The molecule has 0 bridgehead atoms. The second kappa shape index (κ2) is 15.5. The van der Waals surface area contributed by atoms with E-state index in [9.17, 15) is 19.2 Å². The van der Waals surface area contributed by atoms with Crippen LogP contribution in [0.25, 0.3) is 10.9 Å². The summed E-state index contributed by atoms with van der Waals surface area (Å²) in [6.07, 6.45) is 3.02. The molecule has 1 unspecified atom stereocenters. The molecule has 0 saturated heterocycles. The number of carbonyl (C=O) groups excluding carboxylic acids is 4. The molecule has 3 aromatic rings. The van der Waals surface area contributed by atoms with Gasteiger partial charge in [0.2, 0.25) is 17.7 Å². The number of rotatable bonds is 15. The largest absolute Gasteiger partial charge is 0.488 e. The van der Waals surface area contributed by atoms with E-state index >= 15 is 0 Å². The Balaban J connectivity index is 1.50. The molecule has 0 fully saturated rings. The van der Waals surface area contributed by atoms with E-state index in [-0.39, 0.29) is 12.8 Å². The van der Waals surface area contributed by atoms with E-state index in [4.69, 9.17) is 15.2 Å². The summed E-state index contributed by atoms with van der Waals surface area (Å²) in [6.45, 7) is 6.56. The zero-order valence-electron chi connectivity index (χ0n) is 24.5. The maximum absolute atomic E-state index is 13.0. The molecule has 1 aromatic heterocycles. The molecule has 6 N–H and O–H groups in total. The monoisotopic (exact) mass is 579 g/mol. The Morgan fingerprint density at radius 2 is 1.64 bits per heavy atom. The van der Waals surface area contributed by atoms with Crippen LogP contribution in [0.15, 0.2) is 54.7 Å². The van der Waals surface area contributed by atoms with E-state index in [0.717, 1.165) is 22.9 Å². The molecule has 0 spiro atoms. The first-order valence-electron chi connectivity index (χ1n) is 14.1. The van der Waals surface area contributed by atoms with Crippen molar-refractivity contribution >= 4 is 34.7 Å². The maximum Gasteiger partial charge on any atom is 0.407 e. The zero-order chi connectivity index (χ0) is 30.5. The van der Waals surface area contributed by atoms with Crippen molar-refractivity contribution in [1.29, 1.82) is 0 Å². The number of aromatic amines is 1. The number of primary amides is 1. The Morgan fingerprint density at radius 3 is 2.33 bits per heavy atom. The number of nitrogens with one attached hydrogen (secondary N) is 4. The number of alkyl carbamates (subject to hydrolysis) is 1. The summed E-state index contributed by atoms with van der Waals surface area (Å²) in [5, 5.41) is 8.88. The fraction of sp³-hybridized carbons (Fsp3) is 0.419. The van der Waals surface area contributed by atoms with Crippen molar-refractivity contribution in [2.24, 2.45) is 5.73 Å². The molecule has 0 aliphatic carbocycles. The van der Waals surface area contributed by atoms with Crippen LogP contribution in [0.2, 0.25) is 0 Å². The molecule has 1 atom stereocenters. The number of unbranched alkanes of at least 4 members (excludes halogenated alkanes) is 2. The van der Waals surface area contributed by atoms with Crippen molar-refractivity contribution in [3.63, 3.8) is 0 Å². The molecule has 226 valence electrons. The predicted molar refractivity (Wildman–Crippen MR) is 160 cm³/mol. The summed E-state index contributed by atoms with van der Waals surface area (Å²) >= 11 is 0. The number of ether oxygens (including phenoxy) is 2. The van der Waals surface area contributed by atoms with E-state index in [1.807, 2.05) is 48.5 Å².